The Morgan fingerprint density at radius 1 is 1.47 bits per heavy atom. The molecule has 2 atom stereocenters. The molecule has 4 nitrogen and oxygen atoms in total. The van der Waals surface area contributed by atoms with E-state index in [1.54, 1.807) is 4.90 Å². The zero-order chi connectivity index (χ0) is 13.7. The van der Waals surface area contributed by atoms with Gasteiger partial charge in [-0.1, -0.05) is 18.2 Å². The van der Waals surface area contributed by atoms with E-state index in [9.17, 15) is 4.79 Å². The maximum atomic E-state index is 12.2. The van der Waals surface area contributed by atoms with Gasteiger partial charge in [0.1, 0.15) is 0 Å². The van der Waals surface area contributed by atoms with E-state index in [0.29, 0.717) is 18.9 Å². The highest BCUT2D eigenvalue weighted by atomic mass is 32.2. The van der Waals surface area contributed by atoms with Crippen molar-refractivity contribution in [1.29, 1.82) is 0 Å². The van der Waals surface area contributed by atoms with Crippen molar-refractivity contribution in [3.8, 4) is 0 Å². The van der Waals surface area contributed by atoms with Gasteiger partial charge in [-0.15, -0.1) is 11.8 Å². The van der Waals surface area contributed by atoms with Crippen LogP contribution in [-0.2, 0) is 9.53 Å². The van der Waals surface area contributed by atoms with E-state index in [1.165, 1.54) is 11.8 Å². The standard InChI is InChI=1S/C14H19NO3S/c1-11-9-18-12(8-16)7-15(11)14(17)10-19-13-5-3-2-4-6-13/h2-6,11-12,16H,7-10H2,1H3. The lowest BCUT2D eigenvalue weighted by Crippen LogP contribution is -2.52. The number of thioether (sulfide) groups is 1. The molecule has 0 bridgehead atoms. The summed E-state index contributed by atoms with van der Waals surface area (Å²) in [4.78, 5) is 15.1. The van der Waals surface area contributed by atoms with Crippen LogP contribution in [-0.4, -0.2) is 53.6 Å². The summed E-state index contributed by atoms with van der Waals surface area (Å²) in [5, 5.41) is 9.12. The van der Waals surface area contributed by atoms with E-state index in [1.807, 2.05) is 37.3 Å². The fraction of sp³-hybridized carbons (Fsp3) is 0.500. The lowest BCUT2D eigenvalue weighted by molar-refractivity contribution is -0.143. The van der Waals surface area contributed by atoms with Crippen LogP contribution in [0.15, 0.2) is 35.2 Å². The summed E-state index contributed by atoms with van der Waals surface area (Å²) in [6.07, 6.45) is -0.248. The van der Waals surface area contributed by atoms with Crippen molar-refractivity contribution in [2.75, 3.05) is 25.5 Å². The molecule has 104 valence electrons. The molecule has 2 unspecified atom stereocenters. The van der Waals surface area contributed by atoms with Gasteiger partial charge in [0.15, 0.2) is 0 Å². The van der Waals surface area contributed by atoms with Gasteiger partial charge in [-0.25, -0.2) is 0 Å². The zero-order valence-corrected chi connectivity index (χ0v) is 11.8. The third kappa shape index (κ3) is 3.96. The van der Waals surface area contributed by atoms with Crippen LogP contribution in [0.25, 0.3) is 0 Å². The fourth-order valence-electron chi connectivity index (χ4n) is 2.02. The molecule has 1 aromatic rings. The first-order chi connectivity index (χ1) is 9.20. The number of benzene rings is 1. The quantitative estimate of drug-likeness (QED) is 0.847. The lowest BCUT2D eigenvalue weighted by Gasteiger charge is -2.37. The highest BCUT2D eigenvalue weighted by Gasteiger charge is 2.28. The van der Waals surface area contributed by atoms with Gasteiger partial charge in [-0.2, -0.15) is 0 Å². The van der Waals surface area contributed by atoms with Crippen molar-refractivity contribution in [1.82, 2.24) is 4.90 Å². The third-order valence-electron chi connectivity index (χ3n) is 3.14. The van der Waals surface area contributed by atoms with Crippen LogP contribution in [0, 0.1) is 0 Å². The van der Waals surface area contributed by atoms with E-state index < -0.39 is 0 Å². The summed E-state index contributed by atoms with van der Waals surface area (Å²) >= 11 is 1.54. The third-order valence-corrected chi connectivity index (χ3v) is 4.13. The minimum atomic E-state index is -0.248. The Morgan fingerprint density at radius 2 is 2.21 bits per heavy atom. The Bertz CT molecular complexity index is 412. The van der Waals surface area contributed by atoms with Crippen molar-refractivity contribution in [3.05, 3.63) is 30.3 Å². The molecule has 2 rings (SSSR count). The van der Waals surface area contributed by atoms with Crippen molar-refractivity contribution in [2.24, 2.45) is 0 Å². The van der Waals surface area contributed by atoms with Crippen LogP contribution in [0.5, 0.6) is 0 Å². The molecular formula is C14H19NO3S. The van der Waals surface area contributed by atoms with E-state index in [-0.39, 0.29) is 24.7 Å². The number of morpholine rings is 1. The number of aliphatic hydroxyl groups excluding tert-OH is 1. The molecule has 19 heavy (non-hydrogen) atoms. The van der Waals surface area contributed by atoms with Crippen LogP contribution in [0.2, 0.25) is 0 Å². The lowest BCUT2D eigenvalue weighted by atomic mass is 10.2. The molecule has 1 aliphatic rings. The monoisotopic (exact) mass is 281 g/mol. The van der Waals surface area contributed by atoms with Crippen LogP contribution in [0.3, 0.4) is 0 Å². The highest BCUT2D eigenvalue weighted by Crippen LogP contribution is 2.19. The summed E-state index contributed by atoms with van der Waals surface area (Å²) in [6, 6.07) is 9.96. The normalized spacial score (nSPS) is 23.4. The van der Waals surface area contributed by atoms with Crippen molar-refractivity contribution in [2.45, 2.75) is 24.0 Å². The number of rotatable bonds is 4. The smallest absolute Gasteiger partial charge is 0.233 e. The molecule has 0 saturated carbocycles. The Balaban J connectivity index is 1.88. The first-order valence-corrected chi connectivity index (χ1v) is 7.39. The Kier molecular flexibility index (Phi) is 5.24. The minimum absolute atomic E-state index is 0.0394. The molecule has 0 aromatic heterocycles. The summed E-state index contributed by atoms with van der Waals surface area (Å²) in [5.74, 6) is 0.523. The molecule has 1 saturated heterocycles. The van der Waals surface area contributed by atoms with Crippen molar-refractivity contribution < 1.29 is 14.6 Å². The van der Waals surface area contributed by atoms with Crippen LogP contribution in [0.4, 0.5) is 0 Å². The zero-order valence-electron chi connectivity index (χ0n) is 11.0. The number of ether oxygens (including phenoxy) is 1. The van der Waals surface area contributed by atoms with Crippen molar-refractivity contribution in [3.63, 3.8) is 0 Å². The molecule has 0 aliphatic carbocycles. The van der Waals surface area contributed by atoms with Crippen LogP contribution in [0.1, 0.15) is 6.92 Å². The SMILES string of the molecule is CC1COC(CO)CN1C(=O)CSc1ccccc1. The van der Waals surface area contributed by atoms with E-state index >= 15 is 0 Å². The fourth-order valence-corrected chi connectivity index (χ4v) is 2.83. The Hall–Kier alpha value is -1.04. The molecule has 1 heterocycles. The number of carbonyl (C=O) groups excluding carboxylic acids is 1. The predicted octanol–water partition coefficient (Wildman–Crippen LogP) is 1.39. The maximum absolute atomic E-state index is 12.2. The van der Waals surface area contributed by atoms with Crippen LogP contribution < -0.4 is 0 Å². The molecular weight excluding hydrogens is 262 g/mol. The molecule has 1 N–H and O–H groups in total. The van der Waals surface area contributed by atoms with Gasteiger partial charge in [-0.05, 0) is 19.1 Å². The molecule has 0 spiro atoms. The maximum Gasteiger partial charge on any atom is 0.233 e. The highest BCUT2D eigenvalue weighted by molar-refractivity contribution is 8.00. The second-order valence-corrected chi connectivity index (χ2v) is 5.68. The molecule has 1 fully saturated rings. The Labute approximate surface area is 117 Å². The van der Waals surface area contributed by atoms with Gasteiger partial charge in [0.25, 0.3) is 0 Å². The summed E-state index contributed by atoms with van der Waals surface area (Å²) < 4.78 is 5.43. The largest absolute Gasteiger partial charge is 0.394 e. The molecule has 0 radical (unpaired) electrons. The molecule has 1 aliphatic heterocycles. The van der Waals surface area contributed by atoms with Gasteiger partial charge in [-0.3, -0.25) is 4.79 Å². The van der Waals surface area contributed by atoms with Gasteiger partial charge in [0.2, 0.25) is 5.91 Å². The predicted molar refractivity (Wildman–Crippen MR) is 75.2 cm³/mol. The number of amides is 1. The van der Waals surface area contributed by atoms with Crippen LogP contribution >= 0.6 is 11.8 Å². The first-order valence-electron chi connectivity index (χ1n) is 6.40. The average molecular weight is 281 g/mol. The number of carbonyl (C=O) groups is 1. The summed E-state index contributed by atoms with van der Waals surface area (Å²) in [5.41, 5.74) is 0. The number of aliphatic hydroxyl groups is 1. The van der Waals surface area contributed by atoms with Gasteiger partial charge in [0.05, 0.1) is 31.1 Å². The number of nitrogens with zero attached hydrogens (tertiary/aromatic N) is 1. The van der Waals surface area contributed by atoms with Gasteiger partial charge < -0.3 is 14.7 Å². The second-order valence-electron chi connectivity index (χ2n) is 4.63. The number of hydrogen-bond donors (Lipinski definition) is 1. The summed E-state index contributed by atoms with van der Waals surface area (Å²) in [7, 11) is 0. The van der Waals surface area contributed by atoms with Crippen molar-refractivity contribution >= 4 is 17.7 Å². The molecule has 1 amide bonds. The Morgan fingerprint density at radius 3 is 2.89 bits per heavy atom. The first kappa shape index (κ1) is 14.4. The number of hydrogen-bond acceptors (Lipinski definition) is 4. The van der Waals surface area contributed by atoms with E-state index in [4.69, 9.17) is 9.84 Å². The van der Waals surface area contributed by atoms with E-state index in [0.717, 1.165) is 4.90 Å². The minimum Gasteiger partial charge on any atom is -0.394 e. The van der Waals surface area contributed by atoms with Gasteiger partial charge >= 0.3 is 0 Å². The summed E-state index contributed by atoms with van der Waals surface area (Å²) in [6.45, 7) is 2.90. The topological polar surface area (TPSA) is 49.8 Å². The van der Waals surface area contributed by atoms with E-state index in [2.05, 4.69) is 0 Å². The molecule has 1 aromatic carbocycles. The average Bonchev–Trinajstić information content (AvgIpc) is 2.46. The second kappa shape index (κ2) is 6.93. The van der Waals surface area contributed by atoms with Gasteiger partial charge in [0, 0.05) is 11.4 Å². The molecule has 5 heteroatoms.